The van der Waals surface area contributed by atoms with Gasteiger partial charge in [-0.25, -0.2) is 21.8 Å². The summed E-state index contributed by atoms with van der Waals surface area (Å²) in [6.45, 7) is 4.78. The average Bonchev–Trinajstić information content (AvgIpc) is 3.19. The van der Waals surface area contributed by atoms with E-state index < -0.39 is 10.0 Å². The highest BCUT2D eigenvalue weighted by Gasteiger charge is 2.19. The van der Waals surface area contributed by atoms with Crippen LogP contribution in [-0.2, 0) is 10.0 Å². The van der Waals surface area contributed by atoms with Gasteiger partial charge in [0.2, 0.25) is 10.0 Å². The largest absolute Gasteiger partial charge is 0.352 e. The van der Waals surface area contributed by atoms with Crippen molar-refractivity contribution < 1.29 is 17.6 Å². The van der Waals surface area contributed by atoms with Gasteiger partial charge in [0.15, 0.2) is 0 Å². The van der Waals surface area contributed by atoms with Crippen molar-refractivity contribution in [2.75, 3.05) is 25.9 Å². The Bertz CT molecular complexity index is 1170. The molecule has 0 saturated heterocycles. The van der Waals surface area contributed by atoms with Crippen molar-refractivity contribution in [3.05, 3.63) is 71.7 Å². The predicted octanol–water partition coefficient (Wildman–Crippen LogP) is 3.39. The molecule has 0 bridgehead atoms. The molecule has 0 aliphatic rings. The Kier molecular flexibility index (Phi) is 7.42. The van der Waals surface area contributed by atoms with Crippen LogP contribution in [-0.4, -0.2) is 54.3 Å². The second-order valence-corrected chi connectivity index (χ2v) is 9.52. The number of nitrogens with one attached hydrogen (secondary N) is 1. The van der Waals surface area contributed by atoms with Gasteiger partial charge >= 0.3 is 0 Å². The highest BCUT2D eigenvalue weighted by molar-refractivity contribution is 7.88. The molecule has 0 radical (unpaired) electrons. The van der Waals surface area contributed by atoms with Crippen molar-refractivity contribution in [3.63, 3.8) is 0 Å². The lowest BCUT2D eigenvalue weighted by atomic mass is 10.1. The molecule has 1 amide bonds. The van der Waals surface area contributed by atoms with Crippen LogP contribution in [0.15, 0.2) is 54.7 Å². The Morgan fingerprint density at radius 2 is 1.78 bits per heavy atom. The molecule has 3 rings (SSSR count). The van der Waals surface area contributed by atoms with Gasteiger partial charge in [-0.3, -0.25) is 4.79 Å². The number of carbonyl (C=O) groups is 1. The van der Waals surface area contributed by atoms with Crippen molar-refractivity contribution in [2.24, 2.45) is 0 Å². The third-order valence-corrected chi connectivity index (χ3v) is 6.45. The lowest BCUT2D eigenvalue weighted by molar-refractivity contribution is 0.0953. The van der Waals surface area contributed by atoms with Crippen molar-refractivity contribution in [1.29, 1.82) is 0 Å². The number of aryl methyl sites for hydroxylation is 1. The zero-order valence-corrected chi connectivity index (χ0v) is 19.2. The number of sulfonamides is 1. The fourth-order valence-corrected chi connectivity index (χ4v) is 4.23. The molecule has 3 aromatic rings. The van der Waals surface area contributed by atoms with Crippen molar-refractivity contribution in [2.45, 2.75) is 20.3 Å². The zero-order chi connectivity index (χ0) is 23.3. The number of halogens is 1. The van der Waals surface area contributed by atoms with E-state index in [-0.39, 0.29) is 11.7 Å². The molecule has 0 aliphatic carbocycles. The first-order valence-electron chi connectivity index (χ1n) is 10.3. The summed E-state index contributed by atoms with van der Waals surface area (Å²) in [7, 11) is -3.26. The number of aromatic nitrogens is 2. The number of amides is 1. The Hall–Kier alpha value is -3.04. The van der Waals surface area contributed by atoms with Crippen LogP contribution in [0.5, 0.6) is 0 Å². The molecule has 0 aliphatic heterocycles. The first-order valence-corrected chi connectivity index (χ1v) is 12.2. The van der Waals surface area contributed by atoms with E-state index in [1.54, 1.807) is 29.9 Å². The van der Waals surface area contributed by atoms with Gasteiger partial charge in [0, 0.05) is 31.4 Å². The maximum Gasteiger partial charge on any atom is 0.255 e. The second kappa shape index (κ2) is 10.1. The van der Waals surface area contributed by atoms with Crippen LogP contribution >= 0.6 is 0 Å². The molecule has 0 saturated carbocycles. The Morgan fingerprint density at radius 3 is 2.38 bits per heavy atom. The summed E-state index contributed by atoms with van der Waals surface area (Å²) in [5.74, 6) is -0.663. The molecule has 0 spiro atoms. The van der Waals surface area contributed by atoms with Crippen LogP contribution in [0.4, 0.5) is 4.39 Å². The normalized spacial score (nSPS) is 11.7. The molecular weight excluding hydrogens is 431 g/mol. The highest BCUT2D eigenvalue weighted by Crippen LogP contribution is 2.24. The standard InChI is InChI=1S/C23H27FN4O3S/c1-4-27(32(3,30)31)15-5-14-25-23(29)21-16-28(20-12-10-19(24)11-13-20)26-22(21)18-8-6-17(2)7-9-18/h6-13,16H,4-5,14-15H2,1-3H3,(H,25,29). The van der Waals surface area contributed by atoms with Crippen LogP contribution in [0.2, 0.25) is 0 Å². The molecule has 9 heteroatoms. The molecular formula is C23H27FN4O3S. The van der Waals surface area contributed by atoms with Crippen LogP contribution in [0.3, 0.4) is 0 Å². The van der Waals surface area contributed by atoms with E-state index in [1.165, 1.54) is 22.7 Å². The van der Waals surface area contributed by atoms with E-state index in [0.29, 0.717) is 43.0 Å². The van der Waals surface area contributed by atoms with Crippen molar-refractivity contribution in [1.82, 2.24) is 19.4 Å². The van der Waals surface area contributed by atoms with Gasteiger partial charge in [-0.1, -0.05) is 36.8 Å². The predicted molar refractivity (Wildman–Crippen MR) is 123 cm³/mol. The topological polar surface area (TPSA) is 84.3 Å². The first-order chi connectivity index (χ1) is 15.2. The van der Waals surface area contributed by atoms with E-state index in [9.17, 15) is 17.6 Å². The highest BCUT2D eigenvalue weighted by atomic mass is 32.2. The molecule has 0 fully saturated rings. The Balaban J connectivity index is 1.81. The summed E-state index contributed by atoms with van der Waals surface area (Å²) in [4.78, 5) is 13.0. The van der Waals surface area contributed by atoms with E-state index >= 15 is 0 Å². The van der Waals surface area contributed by atoms with E-state index in [4.69, 9.17) is 0 Å². The van der Waals surface area contributed by atoms with Crippen LogP contribution < -0.4 is 5.32 Å². The number of hydrogen-bond acceptors (Lipinski definition) is 4. The fourth-order valence-electron chi connectivity index (χ4n) is 3.30. The SMILES string of the molecule is CCN(CCCNC(=O)c1cn(-c2ccc(F)cc2)nc1-c1ccc(C)cc1)S(C)(=O)=O. The number of carbonyl (C=O) groups excluding carboxylic acids is 1. The number of benzene rings is 2. The summed E-state index contributed by atoms with van der Waals surface area (Å²) in [5, 5.41) is 7.43. The van der Waals surface area contributed by atoms with E-state index in [1.807, 2.05) is 31.2 Å². The van der Waals surface area contributed by atoms with E-state index in [0.717, 1.165) is 11.1 Å². The summed E-state index contributed by atoms with van der Waals surface area (Å²) < 4.78 is 39.6. The number of rotatable bonds is 9. The molecule has 1 aromatic heterocycles. The third-order valence-electron chi connectivity index (χ3n) is 5.07. The number of hydrogen-bond donors (Lipinski definition) is 1. The maximum absolute atomic E-state index is 13.3. The van der Waals surface area contributed by atoms with Crippen LogP contribution in [0, 0.1) is 12.7 Å². The van der Waals surface area contributed by atoms with Gasteiger partial charge in [-0.15, -0.1) is 0 Å². The minimum absolute atomic E-state index is 0.309. The lowest BCUT2D eigenvalue weighted by Crippen LogP contribution is -2.33. The van der Waals surface area contributed by atoms with Crippen LogP contribution in [0.25, 0.3) is 16.9 Å². The Morgan fingerprint density at radius 1 is 1.12 bits per heavy atom. The monoisotopic (exact) mass is 458 g/mol. The van der Waals surface area contributed by atoms with Gasteiger partial charge in [-0.05, 0) is 37.6 Å². The smallest absolute Gasteiger partial charge is 0.255 e. The van der Waals surface area contributed by atoms with Crippen molar-refractivity contribution >= 4 is 15.9 Å². The quantitative estimate of drug-likeness (QED) is 0.498. The fraction of sp³-hybridized carbons (Fsp3) is 0.304. The average molecular weight is 459 g/mol. The van der Waals surface area contributed by atoms with Crippen molar-refractivity contribution in [3.8, 4) is 16.9 Å². The second-order valence-electron chi connectivity index (χ2n) is 7.54. The zero-order valence-electron chi connectivity index (χ0n) is 18.4. The number of nitrogens with zero attached hydrogens (tertiary/aromatic N) is 3. The minimum atomic E-state index is -3.26. The molecule has 32 heavy (non-hydrogen) atoms. The minimum Gasteiger partial charge on any atom is -0.352 e. The summed E-state index contributed by atoms with van der Waals surface area (Å²) in [6.07, 6.45) is 3.28. The van der Waals surface area contributed by atoms with Crippen LogP contribution in [0.1, 0.15) is 29.3 Å². The van der Waals surface area contributed by atoms with E-state index in [2.05, 4.69) is 10.4 Å². The van der Waals surface area contributed by atoms with Gasteiger partial charge in [-0.2, -0.15) is 5.10 Å². The molecule has 1 N–H and O–H groups in total. The Labute approximate surface area is 187 Å². The summed E-state index contributed by atoms with van der Waals surface area (Å²) in [6, 6.07) is 13.5. The van der Waals surface area contributed by atoms with Gasteiger partial charge in [0.25, 0.3) is 5.91 Å². The molecule has 0 unspecified atom stereocenters. The van der Waals surface area contributed by atoms with Gasteiger partial charge < -0.3 is 5.32 Å². The summed E-state index contributed by atoms with van der Waals surface area (Å²) in [5.41, 5.74) is 3.40. The molecule has 2 aromatic carbocycles. The molecule has 1 heterocycles. The first kappa shape index (κ1) is 23.6. The van der Waals surface area contributed by atoms with Gasteiger partial charge in [0.1, 0.15) is 11.5 Å². The third kappa shape index (κ3) is 5.80. The lowest BCUT2D eigenvalue weighted by Gasteiger charge is -2.17. The van der Waals surface area contributed by atoms with Gasteiger partial charge in [0.05, 0.1) is 17.5 Å². The molecule has 0 atom stereocenters. The molecule has 170 valence electrons. The maximum atomic E-state index is 13.3. The molecule has 7 nitrogen and oxygen atoms in total. The summed E-state index contributed by atoms with van der Waals surface area (Å²) >= 11 is 0.